The van der Waals surface area contributed by atoms with Crippen LogP contribution in [0.3, 0.4) is 0 Å². The zero-order valence-corrected chi connectivity index (χ0v) is 15.9. The molecule has 2 rings (SSSR count). The van der Waals surface area contributed by atoms with Gasteiger partial charge in [0.2, 0.25) is 10.0 Å². The van der Waals surface area contributed by atoms with Gasteiger partial charge in [-0.3, -0.25) is 0 Å². The topological polar surface area (TPSA) is 40.6 Å². The molecule has 0 aliphatic carbocycles. The second kappa shape index (κ2) is 7.36. The molecule has 2 aromatic carbocycles. The Morgan fingerprint density at radius 2 is 1.71 bits per heavy atom. The molecule has 0 aliphatic rings. The van der Waals surface area contributed by atoms with E-state index in [4.69, 9.17) is 0 Å². The number of rotatable bonds is 6. The summed E-state index contributed by atoms with van der Waals surface area (Å²) in [7, 11) is -0.302. The zero-order chi connectivity index (χ0) is 17.9. The summed E-state index contributed by atoms with van der Waals surface area (Å²) in [5, 5.41) is 0. The van der Waals surface area contributed by atoms with Crippen LogP contribution in [0.2, 0.25) is 0 Å². The first kappa shape index (κ1) is 18.5. The molecule has 0 N–H and O–H groups in total. The molecule has 0 saturated carbocycles. The molecule has 2 aromatic rings. The summed E-state index contributed by atoms with van der Waals surface area (Å²) >= 11 is 0. The van der Waals surface area contributed by atoms with Crippen molar-refractivity contribution in [3.8, 4) is 0 Å². The first-order chi connectivity index (χ1) is 11.3. The van der Waals surface area contributed by atoms with Crippen molar-refractivity contribution in [2.24, 2.45) is 0 Å². The lowest BCUT2D eigenvalue weighted by Gasteiger charge is -2.25. The maximum absolute atomic E-state index is 12.3. The lowest BCUT2D eigenvalue weighted by molar-refractivity contribution is 0.520. The predicted octanol–water partition coefficient (Wildman–Crippen LogP) is 3.58. The largest absolute Gasteiger partial charge is 0.367 e. The smallest absolute Gasteiger partial charge is 0.242 e. The van der Waals surface area contributed by atoms with Gasteiger partial charge in [-0.1, -0.05) is 29.8 Å². The van der Waals surface area contributed by atoms with Crippen LogP contribution in [0.25, 0.3) is 0 Å². The van der Waals surface area contributed by atoms with Crippen LogP contribution in [0, 0.1) is 13.8 Å². The van der Waals surface area contributed by atoms with Crippen LogP contribution in [-0.2, 0) is 16.6 Å². The van der Waals surface area contributed by atoms with Gasteiger partial charge < -0.3 is 4.90 Å². The predicted molar refractivity (Wildman–Crippen MR) is 100.0 cm³/mol. The number of nitrogens with zero attached hydrogens (tertiary/aromatic N) is 2. The molecule has 0 spiro atoms. The molecule has 0 bridgehead atoms. The van der Waals surface area contributed by atoms with Gasteiger partial charge in [0.25, 0.3) is 0 Å². The van der Waals surface area contributed by atoms with E-state index in [-0.39, 0.29) is 0 Å². The van der Waals surface area contributed by atoms with Crippen molar-refractivity contribution in [1.29, 1.82) is 0 Å². The van der Waals surface area contributed by atoms with Gasteiger partial charge in [0, 0.05) is 32.9 Å². The van der Waals surface area contributed by atoms with Crippen LogP contribution in [-0.4, -0.2) is 33.4 Å². The van der Waals surface area contributed by atoms with Gasteiger partial charge in [0.1, 0.15) is 0 Å². The number of anilines is 1. The highest BCUT2D eigenvalue weighted by molar-refractivity contribution is 7.89. The average molecular weight is 346 g/mol. The third kappa shape index (κ3) is 3.97. The molecule has 0 amide bonds. The average Bonchev–Trinajstić information content (AvgIpc) is 2.53. The van der Waals surface area contributed by atoms with Gasteiger partial charge in [-0.15, -0.1) is 0 Å². The SMILES string of the molecule is CCN(Cc1cccc(S(=O)(=O)N(C)C)c1)c1ccc(C)cc1C. The molecule has 130 valence electrons. The molecule has 0 radical (unpaired) electrons. The monoisotopic (exact) mass is 346 g/mol. The molecule has 4 nitrogen and oxygen atoms in total. The summed E-state index contributed by atoms with van der Waals surface area (Å²) in [5.41, 5.74) is 4.64. The highest BCUT2D eigenvalue weighted by Crippen LogP contribution is 2.24. The Labute approximate surface area is 145 Å². The van der Waals surface area contributed by atoms with Crippen LogP contribution < -0.4 is 4.90 Å². The van der Waals surface area contributed by atoms with Crippen LogP contribution in [0.4, 0.5) is 5.69 Å². The van der Waals surface area contributed by atoms with E-state index < -0.39 is 10.0 Å². The second-order valence-electron chi connectivity index (χ2n) is 6.24. The molecule has 0 heterocycles. The molecule has 0 atom stereocenters. The van der Waals surface area contributed by atoms with Crippen LogP contribution in [0.5, 0.6) is 0 Å². The summed E-state index contributed by atoms with van der Waals surface area (Å²) < 4.78 is 25.9. The molecule has 0 fully saturated rings. The molecule has 0 aliphatic heterocycles. The Morgan fingerprint density at radius 1 is 1.00 bits per heavy atom. The van der Waals surface area contributed by atoms with Crippen LogP contribution >= 0.6 is 0 Å². The first-order valence-electron chi connectivity index (χ1n) is 8.09. The van der Waals surface area contributed by atoms with E-state index in [0.29, 0.717) is 11.4 Å². The van der Waals surface area contributed by atoms with Gasteiger partial charge in [-0.2, -0.15) is 0 Å². The lowest BCUT2D eigenvalue weighted by atomic mass is 10.1. The molecule has 0 aromatic heterocycles. The van der Waals surface area contributed by atoms with Gasteiger partial charge in [-0.25, -0.2) is 12.7 Å². The molecular formula is C19H26N2O2S. The van der Waals surface area contributed by atoms with Crippen molar-refractivity contribution in [3.05, 3.63) is 59.2 Å². The van der Waals surface area contributed by atoms with Crippen molar-refractivity contribution in [2.45, 2.75) is 32.2 Å². The number of hydrogen-bond donors (Lipinski definition) is 0. The quantitative estimate of drug-likeness (QED) is 0.803. The number of sulfonamides is 1. The maximum atomic E-state index is 12.3. The standard InChI is InChI=1S/C19H26N2O2S/c1-6-21(19-11-10-15(2)12-16(19)3)14-17-8-7-9-18(13-17)24(22,23)20(4)5/h7-13H,6,14H2,1-5H3. The van der Waals surface area contributed by atoms with Crippen LogP contribution in [0.15, 0.2) is 47.4 Å². The highest BCUT2D eigenvalue weighted by Gasteiger charge is 2.18. The zero-order valence-electron chi connectivity index (χ0n) is 15.1. The maximum Gasteiger partial charge on any atom is 0.242 e. The summed E-state index contributed by atoms with van der Waals surface area (Å²) in [5.74, 6) is 0. The third-order valence-electron chi connectivity index (χ3n) is 4.13. The van der Waals surface area contributed by atoms with Crippen LogP contribution in [0.1, 0.15) is 23.6 Å². The minimum atomic E-state index is -3.41. The van der Waals surface area contributed by atoms with Gasteiger partial charge in [0.05, 0.1) is 4.90 Å². The number of aryl methyl sites for hydroxylation is 2. The summed E-state index contributed by atoms with van der Waals surface area (Å²) in [4.78, 5) is 2.59. The fourth-order valence-electron chi connectivity index (χ4n) is 2.76. The Balaban J connectivity index is 2.32. The summed E-state index contributed by atoms with van der Waals surface area (Å²) in [6, 6.07) is 13.6. The van der Waals surface area contributed by atoms with E-state index >= 15 is 0 Å². The Bertz CT molecular complexity index is 814. The molecular weight excluding hydrogens is 320 g/mol. The van der Waals surface area contributed by atoms with Crippen molar-refractivity contribution in [2.75, 3.05) is 25.5 Å². The molecule has 24 heavy (non-hydrogen) atoms. The van der Waals surface area contributed by atoms with E-state index in [9.17, 15) is 8.42 Å². The Morgan fingerprint density at radius 3 is 2.29 bits per heavy atom. The minimum absolute atomic E-state index is 0.335. The van der Waals surface area contributed by atoms with E-state index in [1.807, 2.05) is 12.1 Å². The van der Waals surface area contributed by atoms with E-state index in [1.165, 1.54) is 21.1 Å². The molecule has 5 heteroatoms. The normalized spacial score (nSPS) is 11.8. The highest BCUT2D eigenvalue weighted by atomic mass is 32.2. The summed E-state index contributed by atoms with van der Waals surface area (Å²) in [6.07, 6.45) is 0. The van der Waals surface area contributed by atoms with Crippen molar-refractivity contribution in [1.82, 2.24) is 4.31 Å². The second-order valence-corrected chi connectivity index (χ2v) is 8.39. The fraction of sp³-hybridized carbons (Fsp3) is 0.368. The lowest BCUT2D eigenvalue weighted by Crippen LogP contribution is -2.24. The minimum Gasteiger partial charge on any atom is -0.367 e. The van der Waals surface area contributed by atoms with Gasteiger partial charge >= 0.3 is 0 Å². The van der Waals surface area contributed by atoms with Crippen molar-refractivity contribution in [3.63, 3.8) is 0 Å². The van der Waals surface area contributed by atoms with Gasteiger partial charge in [-0.05, 0) is 50.1 Å². The number of hydrogen-bond acceptors (Lipinski definition) is 3. The summed E-state index contributed by atoms with van der Waals surface area (Å²) in [6.45, 7) is 7.84. The Hall–Kier alpha value is -1.85. The first-order valence-corrected chi connectivity index (χ1v) is 9.53. The van der Waals surface area contributed by atoms with Crippen molar-refractivity contribution >= 4 is 15.7 Å². The van der Waals surface area contributed by atoms with E-state index in [2.05, 4.69) is 43.9 Å². The van der Waals surface area contributed by atoms with E-state index in [1.54, 1.807) is 26.2 Å². The Kier molecular flexibility index (Phi) is 5.67. The fourth-order valence-corrected chi connectivity index (χ4v) is 3.74. The molecule has 0 saturated heterocycles. The third-order valence-corrected chi connectivity index (χ3v) is 5.94. The number of benzene rings is 2. The van der Waals surface area contributed by atoms with E-state index in [0.717, 1.165) is 12.1 Å². The van der Waals surface area contributed by atoms with Crippen molar-refractivity contribution < 1.29 is 8.42 Å². The molecule has 0 unspecified atom stereocenters. The van der Waals surface area contributed by atoms with Gasteiger partial charge in [0.15, 0.2) is 0 Å².